The van der Waals surface area contributed by atoms with Crippen molar-refractivity contribution >= 4 is 11.8 Å². The van der Waals surface area contributed by atoms with Gasteiger partial charge in [-0.2, -0.15) is 0 Å². The van der Waals surface area contributed by atoms with Crippen LogP contribution in [-0.2, 0) is 37.9 Å². The Morgan fingerprint density at radius 1 is 0.487 bits per heavy atom. The van der Waals surface area contributed by atoms with Crippen LogP contribution in [0.15, 0.2) is 24.3 Å². The van der Waals surface area contributed by atoms with E-state index in [1.54, 1.807) is 24.3 Å². The number of rotatable bonds is 27. The molecule has 11 nitrogen and oxygen atoms in total. The van der Waals surface area contributed by atoms with Gasteiger partial charge < -0.3 is 37.9 Å². The van der Waals surface area contributed by atoms with Crippen molar-refractivity contribution in [2.24, 2.45) is 0 Å². The minimum absolute atomic E-state index is 0.222. The molecule has 0 saturated heterocycles. The second kappa shape index (κ2) is 22.8. The fraction of sp³-hybridized carbons (Fsp3) is 0.714. The van der Waals surface area contributed by atoms with E-state index >= 15 is 0 Å². The molecular formula is C28H45NO10. The molecule has 222 valence electrons. The fourth-order valence-corrected chi connectivity index (χ4v) is 3.49. The van der Waals surface area contributed by atoms with E-state index in [1.165, 1.54) is 4.90 Å². The highest BCUT2D eigenvalue weighted by molar-refractivity contribution is 6.21. The van der Waals surface area contributed by atoms with E-state index in [-0.39, 0.29) is 25.0 Å². The predicted molar refractivity (Wildman–Crippen MR) is 143 cm³/mol. The smallest absolute Gasteiger partial charge is 0.261 e. The van der Waals surface area contributed by atoms with E-state index in [4.69, 9.17) is 37.9 Å². The molecule has 0 bridgehead atoms. The van der Waals surface area contributed by atoms with E-state index in [2.05, 4.69) is 6.92 Å². The van der Waals surface area contributed by atoms with Crippen LogP contribution in [0.3, 0.4) is 0 Å². The summed E-state index contributed by atoms with van der Waals surface area (Å²) in [5.74, 6) is -0.544. The van der Waals surface area contributed by atoms with Crippen molar-refractivity contribution < 1.29 is 47.5 Å². The molecule has 1 heterocycles. The highest BCUT2D eigenvalue weighted by Crippen LogP contribution is 2.21. The molecule has 0 spiro atoms. The van der Waals surface area contributed by atoms with Gasteiger partial charge in [0.15, 0.2) is 0 Å². The van der Waals surface area contributed by atoms with Crippen molar-refractivity contribution in [1.29, 1.82) is 0 Å². The van der Waals surface area contributed by atoms with E-state index in [0.717, 1.165) is 19.4 Å². The summed E-state index contributed by atoms with van der Waals surface area (Å²) in [4.78, 5) is 25.7. The summed E-state index contributed by atoms with van der Waals surface area (Å²) in [5, 5.41) is 0. The average molecular weight is 556 g/mol. The Morgan fingerprint density at radius 3 is 1.13 bits per heavy atom. The highest BCUT2D eigenvalue weighted by atomic mass is 16.6. The van der Waals surface area contributed by atoms with Crippen molar-refractivity contribution in [2.75, 3.05) is 112 Å². The number of hydrogen-bond donors (Lipinski definition) is 0. The summed E-state index contributed by atoms with van der Waals surface area (Å²) in [6, 6.07) is 6.83. The second-order valence-electron chi connectivity index (χ2n) is 8.56. The van der Waals surface area contributed by atoms with Crippen molar-refractivity contribution in [1.82, 2.24) is 4.90 Å². The first-order valence-corrected chi connectivity index (χ1v) is 13.8. The molecule has 2 rings (SSSR count). The largest absolute Gasteiger partial charge is 0.379 e. The predicted octanol–water partition coefficient (Wildman–Crippen LogP) is 2.22. The Bertz CT molecular complexity index is 743. The van der Waals surface area contributed by atoms with E-state index in [1.807, 2.05) is 0 Å². The lowest BCUT2D eigenvalue weighted by molar-refractivity contribution is -0.0233. The normalized spacial score (nSPS) is 13.0. The number of hydrogen-bond acceptors (Lipinski definition) is 10. The topological polar surface area (TPSA) is 111 Å². The Kier molecular flexibility index (Phi) is 19.4. The number of amides is 2. The third kappa shape index (κ3) is 14.8. The fourth-order valence-electron chi connectivity index (χ4n) is 3.49. The van der Waals surface area contributed by atoms with E-state index in [0.29, 0.717) is 104 Å². The molecule has 0 N–H and O–H groups in total. The van der Waals surface area contributed by atoms with Gasteiger partial charge in [-0.25, -0.2) is 0 Å². The van der Waals surface area contributed by atoms with Crippen LogP contribution in [0.25, 0.3) is 0 Å². The maximum Gasteiger partial charge on any atom is 0.261 e. The Balaban J connectivity index is 1.23. The molecule has 0 saturated carbocycles. The number of carbonyl (C=O) groups is 2. The van der Waals surface area contributed by atoms with Crippen molar-refractivity contribution in [3.63, 3.8) is 0 Å². The average Bonchev–Trinajstić information content (AvgIpc) is 3.19. The summed E-state index contributed by atoms with van der Waals surface area (Å²) < 4.78 is 43.6. The standard InChI is InChI=1S/C28H45NO10/c1-2-3-9-32-11-13-34-15-17-36-19-21-38-23-24-39-22-20-37-18-16-35-14-12-33-10-8-29-27(30)25-6-4-5-7-26(25)28(29)31/h4-7H,2-3,8-24H2,1H3. The minimum Gasteiger partial charge on any atom is -0.379 e. The lowest BCUT2D eigenvalue weighted by Gasteiger charge is -2.13. The van der Waals surface area contributed by atoms with Crippen molar-refractivity contribution in [2.45, 2.75) is 19.8 Å². The molecule has 0 aliphatic carbocycles. The zero-order valence-corrected chi connectivity index (χ0v) is 23.3. The number of unbranched alkanes of at least 4 members (excludes halogenated alkanes) is 1. The van der Waals surface area contributed by atoms with E-state index < -0.39 is 0 Å². The molecule has 0 atom stereocenters. The van der Waals surface area contributed by atoms with Gasteiger partial charge in [0.2, 0.25) is 0 Å². The monoisotopic (exact) mass is 555 g/mol. The van der Waals surface area contributed by atoms with Crippen LogP contribution in [0.2, 0.25) is 0 Å². The van der Waals surface area contributed by atoms with Gasteiger partial charge in [0.25, 0.3) is 11.8 Å². The van der Waals surface area contributed by atoms with Gasteiger partial charge in [-0.15, -0.1) is 0 Å². The van der Waals surface area contributed by atoms with Gasteiger partial charge in [0.1, 0.15) is 0 Å². The summed E-state index contributed by atoms with van der Waals surface area (Å²) in [6.07, 6.45) is 2.23. The van der Waals surface area contributed by atoms with Crippen LogP contribution in [0.1, 0.15) is 40.5 Å². The summed E-state index contributed by atoms with van der Waals surface area (Å²) >= 11 is 0. The van der Waals surface area contributed by atoms with Crippen LogP contribution in [0.4, 0.5) is 0 Å². The lowest BCUT2D eigenvalue weighted by Crippen LogP contribution is -2.33. The minimum atomic E-state index is -0.272. The number of imide groups is 1. The van der Waals surface area contributed by atoms with Crippen LogP contribution in [0, 0.1) is 0 Å². The molecule has 0 fully saturated rings. The molecular weight excluding hydrogens is 510 g/mol. The van der Waals surface area contributed by atoms with Crippen LogP contribution in [-0.4, -0.2) is 129 Å². The summed E-state index contributed by atoms with van der Waals surface area (Å²) in [7, 11) is 0. The molecule has 1 aromatic carbocycles. The molecule has 11 heteroatoms. The number of fused-ring (bicyclic) bond motifs is 1. The summed E-state index contributed by atoms with van der Waals surface area (Å²) in [5.41, 5.74) is 0.894. The molecule has 39 heavy (non-hydrogen) atoms. The number of ether oxygens (including phenoxy) is 8. The SMILES string of the molecule is CCCCOCCOCCOCCOCCOCCOCCOCCOCCN1C(=O)c2ccccc2C1=O. The quantitative estimate of drug-likeness (QED) is 0.118. The van der Waals surface area contributed by atoms with Crippen LogP contribution >= 0.6 is 0 Å². The maximum absolute atomic E-state index is 12.3. The molecule has 0 unspecified atom stereocenters. The van der Waals surface area contributed by atoms with Crippen molar-refractivity contribution in [3.05, 3.63) is 35.4 Å². The zero-order valence-electron chi connectivity index (χ0n) is 23.3. The molecule has 1 aliphatic rings. The number of benzene rings is 1. The third-order valence-electron chi connectivity index (χ3n) is 5.58. The molecule has 2 amide bonds. The maximum atomic E-state index is 12.3. The van der Waals surface area contributed by atoms with Gasteiger partial charge in [-0.1, -0.05) is 25.5 Å². The highest BCUT2D eigenvalue weighted by Gasteiger charge is 2.34. The third-order valence-corrected chi connectivity index (χ3v) is 5.58. The Hall–Kier alpha value is -1.96. The summed E-state index contributed by atoms with van der Waals surface area (Å²) in [6.45, 7) is 10.5. The number of nitrogens with zero attached hydrogens (tertiary/aromatic N) is 1. The first kappa shape index (κ1) is 33.2. The number of carbonyl (C=O) groups excluding carboxylic acids is 2. The van der Waals surface area contributed by atoms with Gasteiger partial charge in [0.05, 0.1) is 117 Å². The Labute approximate surface area is 231 Å². The van der Waals surface area contributed by atoms with E-state index in [9.17, 15) is 9.59 Å². The first-order valence-electron chi connectivity index (χ1n) is 13.8. The van der Waals surface area contributed by atoms with Gasteiger partial charge in [0, 0.05) is 6.61 Å². The molecule has 1 aromatic rings. The van der Waals surface area contributed by atoms with Gasteiger partial charge in [-0.3, -0.25) is 14.5 Å². The lowest BCUT2D eigenvalue weighted by atomic mass is 10.1. The first-order chi connectivity index (χ1) is 19.3. The van der Waals surface area contributed by atoms with Crippen LogP contribution in [0.5, 0.6) is 0 Å². The zero-order chi connectivity index (χ0) is 27.8. The second-order valence-corrected chi connectivity index (χ2v) is 8.56. The van der Waals surface area contributed by atoms with Gasteiger partial charge >= 0.3 is 0 Å². The van der Waals surface area contributed by atoms with Crippen LogP contribution < -0.4 is 0 Å². The van der Waals surface area contributed by atoms with Gasteiger partial charge in [-0.05, 0) is 18.6 Å². The molecule has 0 radical (unpaired) electrons. The molecule has 0 aromatic heterocycles. The van der Waals surface area contributed by atoms with Crippen molar-refractivity contribution in [3.8, 4) is 0 Å². The Morgan fingerprint density at radius 2 is 0.795 bits per heavy atom. The molecule has 1 aliphatic heterocycles.